The van der Waals surface area contributed by atoms with E-state index < -0.39 is 6.09 Å². The fourth-order valence-electron chi connectivity index (χ4n) is 3.20. The van der Waals surface area contributed by atoms with E-state index in [1.165, 1.54) is 31.5 Å². The Labute approximate surface area is 156 Å². The van der Waals surface area contributed by atoms with E-state index in [2.05, 4.69) is 46.7 Å². The van der Waals surface area contributed by atoms with E-state index in [4.69, 9.17) is 4.74 Å². The second kappa shape index (κ2) is 10.8. The topological polar surface area (TPSA) is 70.7 Å². The SMILES string of the molecule is CCOC(=O)NCCC(=O)NCc1ccc(CN2CCCC(C)C2)cc1. The van der Waals surface area contributed by atoms with Crippen LogP contribution in [0.2, 0.25) is 0 Å². The normalized spacial score (nSPS) is 17.5. The summed E-state index contributed by atoms with van der Waals surface area (Å²) in [6, 6.07) is 8.42. The molecule has 0 spiro atoms. The van der Waals surface area contributed by atoms with Gasteiger partial charge in [0.25, 0.3) is 0 Å². The number of benzene rings is 1. The molecular formula is C20H31N3O3. The Balaban J connectivity index is 1.66. The molecule has 1 aromatic carbocycles. The summed E-state index contributed by atoms with van der Waals surface area (Å²) in [7, 11) is 0. The summed E-state index contributed by atoms with van der Waals surface area (Å²) in [5.74, 6) is 0.699. The minimum atomic E-state index is -0.487. The van der Waals surface area contributed by atoms with Gasteiger partial charge in [-0.1, -0.05) is 31.2 Å². The van der Waals surface area contributed by atoms with Crippen LogP contribution in [0.5, 0.6) is 0 Å². The van der Waals surface area contributed by atoms with Crippen LogP contribution in [0.1, 0.15) is 44.2 Å². The molecule has 0 bridgehead atoms. The summed E-state index contributed by atoms with van der Waals surface area (Å²) in [6.45, 7) is 8.52. The van der Waals surface area contributed by atoms with Crippen molar-refractivity contribution in [2.24, 2.45) is 5.92 Å². The lowest BCUT2D eigenvalue weighted by atomic mass is 9.99. The number of hydrogen-bond donors (Lipinski definition) is 2. The third-order valence-corrected chi connectivity index (χ3v) is 4.56. The zero-order chi connectivity index (χ0) is 18.8. The lowest BCUT2D eigenvalue weighted by Gasteiger charge is -2.30. The molecule has 2 amide bonds. The van der Waals surface area contributed by atoms with Gasteiger partial charge in [0, 0.05) is 32.6 Å². The third-order valence-electron chi connectivity index (χ3n) is 4.56. The largest absolute Gasteiger partial charge is 0.450 e. The van der Waals surface area contributed by atoms with Crippen LogP contribution in [0.15, 0.2) is 24.3 Å². The number of carbonyl (C=O) groups is 2. The Bertz CT molecular complexity index is 574. The number of piperidine rings is 1. The van der Waals surface area contributed by atoms with Gasteiger partial charge in [0.2, 0.25) is 5.91 Å². The molecule has 2 rings (SSSR count). The zero-order valence-corrected chi connectivity index (χ0v) is 15.9. The maximum atomic E-state index is 11.8. The van der Waals surface area contributed by atoms with Crippen molar-refractivity contribution in [3.05, 3.63) is 35.4 Å². The van der Waals surface area contributed by atoms with Crippen molar-refractivity contribution in [3.8, 4) is 0 Å². The summed E-state index contributed by atoms with van der Waals surface area (Å²) >= 11 is 0. The number of likely N-dealkylation sites (tertiary alicyclic amines) is 1. The lowest BCUT2D eigenvalue weighted by Crippen LogP contribution is -2.33. The van der Waals surface area contributed by atoms with E-state index in [1.54, 1.807) is 6.92 Å². The quantitative estimate of drug-likeness (QED) is 0.747. The highest BCUT2D eigenvalue weighted by Gasteiger charge is 2.16. The van der Waals surface area contributed by atoms with Gasteiger partial charge in [-0.3, -0.25) is 9.69 Å². The van der Waals surface area contributed by atoms with Gasteiger partial charge in [-0.25, -0.2) is 4.79 Å². The Morgan fingerprint density at radius 2 is 1.92 bits per heavy atom. The minimum absolute atomic E-state index is 0.0896. The van der Waals surface area contributed by atoms with E-state index in [0.717, 1.165) is 18.0 Å². The molecule has 1 saturated heterocycles. The third kappa shape index (κ3) is 7.44. The van der Waals surface area contributed by atoms with Gasteiger partial charge >= 0.3 is 6.09 Å². The van der Waals surface area contributed by atoms with E-state index in [0.29, 0.717) is 13.2 Å². The molecule has 1 heterocycles. The summed E-state index contributed by atoms with van der Waals surface area (Å²) in [5.41, 5.74) is 2.39. The maximum Gasteiger partial charge on any atom is 0.407 e. The fraction of sp³-hybridized carbons (Fsp3) is 0.600. The summed E-state index contributed by atoms with van der Waals surface area (Å²) in [6.07, 6.45) is 2.38. The van der Waals surface area contributed by atoms with Gasteiger partial charge < -0.3 is 15.4 Å². The van der Waals surface area contributed by atoms with Crippen LogP contribution in [0.25, 0.3) is 0 Å². The Morgan fingerprint density at radius 1 is 1.19 bits per heavy atom. The number of hydrogen-bond acceptors (Lipinski definition) is 4. The molecule has 2 N–H and O–H groups in total. The van der Waals surface area contributed by atoms with Gasteiger partial charge in [-0.2, -0.15) is 0 Å². The monoisotopic (exact) mass is 361 g/mol. The van der Waals surface area contributed by atoms with Crippen molar-refractivity contribution in [2.75, 3.05) is 26.2 Å². The first-order chi connectivity index (χ1) is 12.6. The predicted molar refractivity (Wildman–Crippen MR) is 102 cm³/mol. The number of alkyl carbamates (subject to hydrolysis) is 1. The molecule has 144 valence electrons. The van der Waals surface area contributed by atoms with E-state index in [-0.39, 0.29) is 18.9 Å². The molecule has 0 radical (unpaired) electrons. The first kappa shape index (κ1) is 20.2. The number of amides is 2. The molecule has 1 aliphatic rings. The number of nitrogens with one attached hydrogen (secondary N) is 2. The van der Waals surface area contributed by atoms with Crippen LogP contribution in [0.4, 0.5) is 4.79 Å². The molecule has 1 unspecified atom stereocenters. The number of nitrogens with zero attached hydrogens (tertiary/aromatic N) is 1. The predicted octanol–water partition coefficient (Wildman–Crippen LogP) is 2.67. The first-order valence-corrected chi connectivity index (χ1v) is 9.54. The van der Waals surface area contributed by atoms with Crippen LogP contribution < -0.4 is 10.6 Å². The standard InChI is InChI=1S/C20H31N3O3/c1-3-26-20(25)21-11-10-19(24)22-13-17-6-8-18(9-7-17)15-23-12-4-5-16(2)14-23/h6-9,16H,3-5,10-15H2,1-2H3,(H,21,25)(H,22,24). The molecule has 6 nitrogen and oxygen atoms in total. The highest BCUT2D eigenvalue weighted by Crippen LogP contribution is 2.18. The lowest BCUT2D eigenvalue weighted by molar-refractivity contribution is -0.121. The summed E-state index contributed by atoms with van der Waals surface area (Å²) in [4.78, 5) is 25.4. The number of ether oxygens (including phenoxy) is 1. The van der Waals surface area contributed by atoms with Crippen molar-refractivity contribution in [1.29, 1.82) is 0 Å². The van der Waals surface area contributed by atoms with Gasteiger partial charge in [-0.05, 0) is 43.4 Å². The Morgan fingerprint density at radius 3 is 2.62 bits per heavy atom. The Hall–Kier alpha value is -2.08. The van der Waals surface area contributed by atoms with E-state index in [1.807, 2.05) is 0 Å². The molecule has 1 atom stereocenters. The van der Waals surface area contributed by atoms with Gasteiger partial charge in [0.1, 0.15) is 0 Å². The molecule has 0 aliphatic carbocycles. The second-order valence-corrected chi connectivity index (χ2v) is 6.97. The van der Waals surface area contributed by atoms with Crippen molar-refractivity contribution >= 4 is 12.0 Å². The summed E-state index contributed by atoms with van der Waals surface area (Å²) < 4.78 is 4.74. The highest BCUT2D eigenvalue weighted by atomic mass is 16.5. The van der Waals surface area contributed by atoms with Crippen LogP contribution >= 0.6 is 0 Å². The molecule has 6 heteroatoms. The van der Waals surface area contributed by atoms with Crippen molar-refractivity contribution in [3.63, 3.8) is 0 Å². The highest BCUT2D eigenvalue weighted by molar-refractivity contribution is 5.76. The van der Waals surface area contributed by atoms with Crippen LogP contribution in [-0.4, -0.2) is 43.1 Å². The van der Waals surface area contributed by atoms with Crippen molar-refractivity contribution in [2.45, 2.75) is 46.2 Å². The second-order valence-electron chi connectivity index (χ2n) is 6.97. The average Bonchev–Trinajstić information content (AvgIpc) is 2.61. The minimum Gasteiger partial charge on any atom is -0.450 e. The fourth-order valence-corrected chi connectivity index (χ4v) is 3.20. The zero-order valence-electron chi connectivity index (χ0n) is 15.9. The van der Waals surface area contributed by atoms with Crippen LogP contribution in [0.3, 0.4) is 0 Å². The van der Waals surface area contributed by atoms with Gasteiger partial charge in [0.15, 0.2) is 0 Å². The maximum absolute atomic E-state index is 11.8. The molecular weight excluding hydrogens is 330 g/mol. The molecule has 0 saturated carbocycles. The average molecular weight is 361 g/mol. The van der Waals surface area contributed by atoms with Gasteiger partial charge in [-0.15, -0.1) is 0 Å². The van der Waals surface area contributed by atoms with E-state index >= 15 is 0 Å². The smallest absolute Gasteiger partial charge is 0.407 e. The number of carbonyl (C=O) groups excluding carboxylic acids is 2. The van der Waals surface area contributed by atoms with Crippen molar-refractivity contribution in [1.82, 2.24) is 15.5 Å². The van der Waals surface area contributed by atoms with E-state index in [9.17, 15) is 9.59 Å². The van der Waals surface area contributed by atoms with Crippen LogP contribution in [0, 0.1) is 5.92 Å². The van der Waals surface area contributed by atoms with Gasteiger partial charge in [0.05, 0.1) is 6.61 Å². The molecule has 1 aromatic rings. The summed E-state index contributed by atoms with van der Waals surface area (Å²) in [5, 5.41) is 5.41. The van der Waals surface area contributed by atoms with Crippen LogP contribution in [-0.2, 0) is 22.6 Å². The Kier molecular flexibility index (Phi) is 8.41. The van der Waals surface area contributed by atoms with Crippen molar-refractivity contribution < 1.29 is 14.3 Å². The first-order valence-electron chi connectivity index (χ1n) is 9.54. The molecule has 1 fully saturated rings. The molecule has 1 aliphatic heterocycles. The molecule has 0 aromatic heterocycles. The molecule has 26 heavy (non-hydrogen) atoms. The number of rotatable bonds is 8.